The summed E-state index contributed by atoms with van der Waals surface area (Å²) in [7, 11) is -3.10. The predicted octanol–water partition coefficient (Wildman–Crippen LogP) is -1.03. The van der Waals surface area contributed by atoms with Crippen LogP contribution in [0.25, 0.3) is 0 Å². The molecule has 1 aromatic rings. The highest BCUT2D eigenvalue weighted by atomic mass is 32.2. The zero-order chi connectivity index (χ0) is 11.5. The lowest BCUT2D eigenvalue weighted by Gasteiger charge is -2.10. The number of aromatic amines is 1. The summed E-state index contributed by atoms with van der Waals surface area (Å²) >= 11 is 0. The average Bonchev–Trinajstić information content (AvgIpc) is 2.50. The van der Waals surface area contributed by atoms with Crippen LogP contribution in [-0.4, -0.2) is 47.8 Å². The van der Waals surface area contributed by atoms with Crippen molar-refractivity contribution < 1.29 is 13.2 Å². The molecule has 8 heteroatoms. The van der Waals surface area contributed by atoms with Crippen molar-refractivity contribution in [1.29, 1.82) is 0 Å². The minimum atomic E-state index is -3.10. The summed E-state index contributed by atoms with van der Waals surface area (Å²) in [6, 6.07) is -0.454. The molecular weight excluding hydrogens is 220 g/mol. The Balaban J connectivity index is 2.53. The van der Waals surface area contributed by atoms with Gasteiger partial charge in [-0.1, -0.05) is 0 Å². The maximum Gasteiger partial charge on any atom is 0.273 e. The van der Waals surface area contributed by atoms with Gasteiger partial charge in [0.2, 0.25) is 0 Å². The second-order valence-electron chi connectivity index (χ2n) is 3.32. The largest absolute Gasteiger partial charge is 0.347 e. The highest BCUT2D eigenvalue weighted by molar-refractivity contribution is 7.90. The minimum Gasteiger partial charge on any atom is -0.347 e. The van der Waals surface area contributed by atoms with E-state index >= 15 is 0 Å². The lowest BCUT2D eigenvalue weighted by molar-refractivity contribution is 0.0938. The molecule has 0 aromatic carbocycles. The van der Waals surface area contributed by atoms with E-state index in [1.807, 2.05) is 0 Å². The number of rotatable bonds is 4. The Hall–Kier alpha value is -1.44. The number of nitrogens with zero attached hydrogens (tertiary/aromatic N) is 2. The first-order chi connectivity index (χ1) is 6.88. The van der Waals surface area contributed by atoms with Crippen molar-refractivity contribution in [2.45, 2.75) is 13.0 Å². The Kier molecular flexibility index (Phi) is 3.40. The number of nitrogens with one attached hydrogen (secondary N) is 2. The molecule has 0 spiro atoms. The Bertz CT molecular complexity index is 425. The molecule has 0 aliphatic carbocycles. The predicted molar refractivity (Wildman–Crippen MR) is 53.0 cm³/mol. The van der Waals surface area contributed by atoms with Gasteiger partial charge in [0, 0.05) is 12.3 Å². The first-order valence-corrected chi connectivity index (χ1v) is 6.29. The molecule has 0 aliphatic heterocycles. The van der Waals surface area contributed by atoms with Crippen LogP contribution in [0.1, 0.15) is 17.4 Å². The zero-order valence-corrected chi connectivity index (χ0v) is 9.21. The van der Waals surface area contributed by atoms with E-state index in [1.54, 1.807) is 6.92 Å². The molecule has 0 aliphatic rings. The van der Waals surface area contributed by atoms with E-state index in [0.29, 0.717) is 0 Å². The van der Waals surface area contributed by atoms with Gasteiger partial charge in [-0.2, -0.15) is 15.4 Å². The molecule has 1 aromatic heterocycles. The summed E-state index contributed by atoms with van der Waals surface area (Å²) in [6.07, 6.45) is 2.38. The Morgan fingerprint density at radius 1 is 1.67 bits per heavy atom. The van der Waals surface area contributed by atoms with Gasteiger partial charge in [0.05, 0.1) is 11.9 Å². The van der Waals surface area contributed by atoms with Gasteiger partial charge in [-0.3, -0.25) is 4.79 Å². The molecule has 0 saturated carbocycles. The SMILES string of the molecule is CC(CS(C)(=O)=O)NC(=O)c1cn[nH]n1. The summed E-state index contributed by atoms with van der Waals surface area (Å²) in [5, 5.41) is 11.8. The number of aromatic nitrogens is 3. The summed E-state index contributed by atoms with van der Waals surface area (Å²) in [5.41, 5.74) is 0.135. The third-order valence-electron chi connectivity index (χ3n) is 1.58. The molecule has 0 radical (unpaired) electrons. The number of carbonyl (C=O) groups is 1. The van der Waals surface area contributed by atoms with Crippen LogP contribution in [0.5, 0.6) is 0 Å². The van der Waals surface area contributed by atoms with Crippen LogP contribution in [-0.2, 0) is 9.84 Å². The topological polar surface area (TPSA) is 105 Å². The van der Waals surface area contributed by atoms with Crippen LogP contribution in [0.4, 0.5) is 0 Å². The monoisotopic (exact) mass is 232 g/mol. The molecule has 1 unspecified atom stereocenters. The van der Waals surface area contributed by atoms with E-state index in [0.717, 1.165) is 6.26 Å². The van der Waals surface area contributed by atoms with Crippen molar-refractivity contribution in [3.63, 3.8) is 0 Å². The van der Waals surface area contributed by atoms with Crippen molar-refractivity contribution in [2.75, 3.05) is 12.0 Å². The van der Waals surface area contributed by atoms with E-state index in [4.69, 9.17) is 0 Å². The number of H-pyrrole nitrogens is 1. The zero-order valence-electron chi connectivity index (χ0n) is 8.39. The highest BCUT2D eigenvalue weighted by Gasteiger charge is 2.15. The van der Waals surface area contributed by atoms with Crippen LogP contribution in [0.3, 0.4) is 0 Å². The lowest BCUT2D eigenvalue weighted by atomic mass is 10.3. The van der Waals surface area contributed by atoms with Crippen molar-refractivity contribution in [1.82, 2.24) is 20.7 Å². The first kappa shape index (κ1) is 11.6. The van der Waals surface area contributed by atoms with E-state index in [1.165, 1.54) is 6.20 Å². The summed E-state index contributed by atoms with van der Waals surface area (Å²) < 4.78 is 21.8. The van der Waals surface area contributed by atoms with E-state index in [9.17, 15) is 13.2 Å². The van der Waals surface area contributed by atoms with Gasteiger partial charge in [0.25, 0.3) is 5.91 Å². The quantitative estimate of drug-likeness (QED) is 0.690. The van der Waals surface area contributed by atoms with Crippen LogP contribution in [0, 0.1) is 0 Å². The van der Waals surface area contributed by atoms with Crippen molar-refractivity contribution in [3.8, 4) is 0 Å². The van der Waals surface area contributed by atoms with Gasteiger partial charge in [0.1, 0.15) is 9.84 Å². The summed E-state index contributed by atoms with van der Waals surface area (Å²) in [6.45, 7) is 1.61. The number of hydrogen-bond donors (Lipinski definition) is 2. The highest BCUT2D eigenvalue weighted by Crippen LogP contribution is 1.94. The lowest BCUT2D eigenvalue weighted by Crippen LogP contribution is -2.37. The third-order valence-corrected chi connectivity index (χ3v) is 2.68. The van der Waals surface area contributed by atoms with Crippen molar-refractivity contribution >= 4 is 15.7 Å². The molecular formula is C7H12N4O3S. The van der Waals surface area contributed by atoms with E-state index in [2.05, 4.69) is 20.7 Å². The van der Waals surface area contributed by atoms with Crippen LogP contribution < -0.4 is 5.32 Å². The minimum absolute atomic E-state index is 0.101. The fraction of sp³-hybridized carbons (Fsp3) is 0.571. The molecule has 0 fully saturated rings. The van der Waals surface area contributed by atoms with Crippen LogP contribution >= 0.6 is 0 Å². The van der Waals surface area contributed by atoms with E-state index < -0.39 is 21.8 Å². The van der Waals surface area contributed by atoms with Gasteiger partial charge in [0.15, 0.2) is 5.69 Å². The van der Waals surface area contributed by atoms with E-state index in [-0.39, 0.29) is 11.4 Å². The smallest absolute Gasteiger partial charge is 0.273 e. The first-order valence-electron chi connectivity index (χ1n) is 4.23. The molecule has 1 rings (SSSR count). The van der Waals surface area contributed by atoms with Gasteiger partial charge in [-0.05, 0) is 6.92 Å². The molecule has 7 nitrogen and oxygen atoms in total. The second kappa shape index (κ2) is 4.39. The molecule has 0 bridgehead atoms. The number of amides is 1. The average molecular weight is 232 g/mol. The van der Waals surface area contributed by atoms with Crippen molar-refractivity contribution in [2.24, 2.45) is 0 Å². The van der Waals surface area contributed by atoms with Crippen molar-refractivity contribution in [3.05, 3.63) is 11.9 Å². The number of hydrogen-bond acceptors (Lipinski definition) is 5. The molecule has 15 heavy (non-hydrogen) atoms. The van der Waals surface area contributed by atoms with Gasteiger partial charge < -0.3 is 5.32 Å². The van der Waals surface area contributed by atoms with Gasteiger partial charge in [-0.25, -0.2) is 8.42 Å². The molecule has 1 atom stereocenters. The van der Waals surface area contributed by atoms with Gasteiger partial charge >= 0.3 is 0 Å². The third kappa shape index (κ3) is 4.07. The number of sulfone groups is 1. The molecule has 1 amide bonds. The van der Waals surface area contributed by atoms with Gasteiger partial charge in [-0.15, -0.1) is 0 Å². The summed E-state index contributed by atoms with van der Waals surface area (Å²) in [5.74, 6) is -0.545. The Labute approximate surface area is 87.2 Å². The van der Waals surface area contributed by atoms with Crippen LogP contribution in [0.2, 0.25) is 0 Å². The fourth-order valence-electron chi connectivity index (χ4n) is 1.10. The molecule has 1 heterocycles. The maximum absolute atomic E-state index is 11.4. The second-order valence-corrected chi connectivity index (χ2v) is 5.51. The maximum atomic E-state index is 11.4. The van der Waals surface area contributed by atoms with Crippen LogP contribution in [0.15, 0.2) is 6.20 Å². The Morgan fingerprint density at radius 2 is 2.33 bits per heavy atom. The normalized spacial score (nSPS) is 13.5. The molecule has 2 N–H and O–H groups in total. The fourth-order valence-corrected chi connectivity index (χ4v) is 2.10. The molecule has 84 valence electrons. The number of carbonyl (C=O) groups excluding carboxylic acids is 1. The Morgan fingerprint density at radius 3 is 2.80 bits per heavy atom. The summed E-state index contributed by atoms with van der Waals surface area (Å²) in [4.78, 5) is 11.4. The molecule has 0 saturated heterocycles. The standard InChI is InChI=1S/C7H12N4O3S/c1-5(4-15(2,13)14)9-7(12)6-3-8-11-10-6/h3,5H,4H2,1-2H3,(H,9,12)(H,8,10,11).